The third-order valence-corrected chi connectivity index (χ3v) is 8.12. The van der Waals surface area contributed by atoms with E-state index in [1.165, 1.54) is 6.07 Å². The molecule has 0 bridgehead atoms. The van der Waals surface area contributed by atoms with Crippen LogP contribution in [0.25, 0.3) is 11.1 Å². The average Bonchev–Trinajstić information content (AvgIpc) is 2.97. The Kier molecular flexibility index (Phi) is 7.71. The molecule has 39 heavy (non-hydrogen) atoms. The second kappa shape index (κ2) is 10.9. The number of carbonyl (C=O) groups excluding carboxylic acids is 3. The summed E-state index contributed by atoms with van der Waals surface area (Å²) in [6.45, 7) is 9.13. The molecule has 0 saturated carbocycles. The third-order valence-electron chi connectivity index (χ3n) is 7.89. The fourth-order valence-electron chi connectivity index (χ4n) is 5.83. The van der Waals surface area contributed by atoms with Crippen LogP contribution in [0.15, 0.2) is 36.4 Å². The zero-order valence-corrected chi connectivity index (χ0v) is 23.6. The van der Waals surface area contributed by atoms with E-state index in [0.29, 0.717) is 52.8 Å². The van der Waals surface area contributed by atoms with Gasteiger partial charge in [0.05, 0.1) is 17.8 Å². The lowest BCUT2D eigenvalue weighted by molar-refractivity contribution is -0.137. The molecule has 2 saturated heterocycles. The van der Waals surface area contributed by atoms with Gasteiger partial charge in [-0.15, -0.1) is 0 Å². The number of piperidine rings is 1. The molecule has 3 aliphatic heterocycles. The van der Waals surface area contributed by atoms with Gasteiger partial charge in [-0.2, -0.15) is 0 Å². The molecule has 3 heterocycles. The summed E-state index contributed by atoms with van der Waals surface area (Å²) < 4.78 is 14.8. The van der Waals surface area contributed by atoms with Gasteiger partial charge >= 0.3 is 0 Å². The van der Waals surface area contributed by atoms with E-state index in [4.69, 9.17) is 11.6 Å². The Balaban J connectivity index is 1.53. The number of halogens is 2. The molecule has 5 rings (SSSR count). The summed E-state index contributed by atoms with van der Waals surface area (Å²) in [4.78, 5) is 46.3. The van der Waals surface area contributed by atoms with E-state index in [9.17, 15) is 18.8 Å². The van der Waals surface area contributed by atoms with E-state index >= 15 is 0 Å². The van der Waals surface area contributed by atoms with Gasteiger partial charge in [0.1, 0.15) is 11.9 Å². The van der Waals surface area contributed by atoms with Crippen LogP contribution in [-0.4, -0.2) is 72.8 Å². The summed E-state index contributed by atoms with van der Waals surface area (Å²) in [5.41, 5.74) is 1.62. The number of carbonyl (C=O) groups is 3. The van der Waals surface area contributed by atoms with Gasteiger partial charge in [0, 0.05) is 36.6 Å². The summed E-state index contributed by atoms with van der Waals surface area (Å²) in [5, 5.41) is 3.66. The van der Waals surface area contributed by atoms with Crippen LogP contribution in [0.4, 0.5) is 10.1 Å². The van der Waals surface area contributed by atoms with Crippen LogP contribution in [0.1, 0.15) is 50.4 Å². The molecule has 2 aromatic rings. The first-order valence-electron chi connectivity index (χ1n) is 13.7. The third kappa shape index (κ3) is 5.82. The Bertz CT molecular complexity index is 1290. The fraction of sp³-hybridized carbons (Fsp3) is 0.500. The largest absolute Gasteiger partial charge is 0.338 e. The predicted molar refractivity (Wildman–Crippen MR) is 150 cm³/mol. The molecule has 3 aliphatic rings. The molecule has 0 spiro atoms. The van der Waals surface area contributed by atoms with Crippen molar-refractivity contribution in [3.8, 4) is 11.1 Å². The number of amides is 3. The van der Waals surface area contributed by atoms with Gasteiger partial charge in [0.15, 0.2) is 0 Å². The lowest BCUT2D eigenvalue weighted by atomic mass is 9.91. The highest BCUT2D eigenvalue weighted by molar-refractivity contribution is 6.30. The van der Waals surface area contributed by atoms with Crippen LogP contribution in [0.5, 0.6) is 0 Å². The summed E-state index contributed by atoms with van der Waals surface area (Å²) in [7, 11) is 0. The first-order chi connectivity index (χ1) is 18.5. The van der Waals surface area contributed by atoms with Crippen molar-refractivity contribution in [3.63, 3.8) is 0 Å². The molecule has 0 aromatic heterocycles. The monoisotopic (exact) mass is 554 g/mol. The molecule has 9 heteroatoms. The minimum Gasteiger partial charge on any atom is -0.338 e. The molecule has 3 amide bonds. The Hall–Kier alpha value is -2.97. The smallest absolute Gasteiger partial charge is 0.256 e. The van der Waals surface area contributed by atoms with Crippen LogP contribution in [0, 0.1) is 17.2 Å². The normalized spacial score (nSPS) is 20.5. The molecule has 2 fully saturated rings. The minimum atomic E-state index is -0.764. The zero-order valence-electron chi connectivity index (χ0n) is 22.8. The van der Waals surface area contributed by atoms with Crippen molar-refractivity contribution in [1.82, 2.24) is 15.1 Å². The molecule has 1 atom stereocenters. The summed E-state index contributed by atoms with van der Waals surface area (Å²) in [5.74, 6) is -0.625. The number of fused-ring (bicyclic) bond motifs is 2. The van der Waals surface area contributed by atoms with Gasteiger partial charge in [0.2, 0.25) is 5.91 Å². The molecule has 0 radical (unpaired) electrons. The van der Waals surface area contributed by atoms with Crippen molar-refractivity contribution in [3.05, 3.63) is 52.8 Å². The molecule has 0 aliphatic carbocycles. The van der Waals surface area contributed by atoms with Gasteiger partial charge in [-0.1, -0.05) is 38.4 Å². The molecule has 1 N–H and O–H groups in total. The van der Waals surface area contributed by atoms with E-state index in [1.807, 2.05) is 20.8 Å². The van der Waals surface area contributed by atoms with Gasteiger partial charge in [-0.05, 0) is 73.2 Å². The Morgan fingerprint density at radius 1 is 1.05 bits per heavy atom. The zero-order chi connectivity index (χ0) is 27.9. The predicted octanol–water partition coefficient (Wildman–Crippen LogP) is 4.58. The Morgan fingerprint density at radius 2 is 1.79 bits per heavy atom. The summed E-state index contributed by atoms with van der Waals surface area (Å²) >= 11 is 5.96. The number of rotatable bonds is 4. The SMILES string of the molecule is CC(C)(C)CC(=O)N1CCN2C(=O)c3cc(-c4ccc(Cl)cc4F)ccc3N(CC3CCNCC3)C(=O)C2C1. The maximum atomic E-state index is 14.8. The van der Waals surface area contributed by atoms with E-state index in [2.05, 4.69) is 5.32 Å². The molecular formula is C30H36ClFN4O3. The number of piperazine rings is 1. The average molecular weight is 555 g/mol. The topological polar surface area (TPSA) is 73.0 Å². The summed E-state index contributed by atoms with van der Waals surface area (Å²) in [6, 6.07) is 8.90. The van der Waals surface area contributed by atoms with Crippen molar-refractivity contribution in [1.29, 1.82) is 0 Å². The highest BCUT2D eigenvalue weighted by atomic mass is 35.5. The van der Waals surface area contributed by atoms with E-state index in [0.717, 1.165) is 25.9 Å². The van der Waals surface area contributed by atoms with Gasteiger partial charge < -0.3 is 20.0 Å². The lowest BCUT2D eigenvalue weighted by Gasteiger charge is -2.41. The number of benzene rings is 2. The Labute approximate surface area is 234 Å². The molecule has 1 unspecified atom stereocenters. The van der Waals surface area contributed by atoms with Gasteiger partial charge in [0.25, 0.3) is 11.8 Å². The minimum absolute atomic E-state index is 0.00503. The van der Waals surface area contributed by atoms with E-state index in [-0.39, 0.29) is 36.2 Å². The number of anilines is 1. The number of nitrogens with one attached hydrogen (secondary N) is 1. The van der Waals surface area contributed by atoms with Crippen LogP contribution in [-0.2, 0) is 9.59 Å². The van der Waals surface area contributed by atoms with Gasteiger partial charge in [-0.25, -0.2) is 4.39 Å². The van der Waals surface area contributed by atoms with Crippen molar-refractivity contribution < 1.29 is 18.8 Å². The van der Waals surface area contributed by atoms with Crippen LogP contribution in [0.3, 0.4) is 0 Å². The second-order valence-electron chi connectivity index (χ2n) is 12.1. The molecule has 208 valence electrons. The number of hydrogen-bond donors (Lipinski definition) is 1. The summed E-state index contributed by atoms with van der Waals surface area (Å²) in [6.07, 6.45) is 2.24. The van der Waals surface area contributed by atoms with Crippen LogP contribution >= 0.6 is 11.6 Å². The van der Waals surface area contributed by atoms with E-state index in [1.54, 1.807) is 45.0 Å². The van der Waals surface area contributed by atoms with Crippen LogP contribution < -0.4 is 10.2 Å². The molecular weight excluding hydrogens is 519 g/mol. The van der Waals surface area contributed by atoms with Crippen molar-refractivity contribution in [2.24, 2.45) is 11.3 Å². The number of hydrogen-bond acceptors (Lipinski definition) is 4. The van der Waals surface area contributed by atoms with Crippen molar-refractivity contribution >= 4 is 35.0 Å². The quantitative estimate of drug-likeness (QED) is 0.600. The second-order valence-corrected chi connectivity index (χ2v) is 12.5. The highest BCUT2D eigenvalue weighted by Gasteiger charge is 2.44. The number of nitrogens with zero attached hydrogens (tertiary/aromatic N) is 3. The van der Waals surface area contributed by atoms with Crippen LogP contribution in [0.2, 0.25) is 5.02 Å². The highest BCUT2D eigenvalue weighted by Crippen LogP contribution is 2.36. The standard InChI is InChI=1S/C30H36ClFN4O3/c1-30(2,3)16-27(37)34-12-13-35-26(18-34)29(39)36(17-19-8-10-33-11-9-19)25-7-4-20(14-23(25)28(35)38)22-6-5-21(31)15-24(22)32/h4-7,14-15,19,26,33H,8-13,16-18H2,1-3H3. The van der Waals surface area contributed by atoms with Crippen molar-refractivity contribution in [2.75, 3.05) is 44.2 Å². The van der Waals surface area contributed by atoms with Crippen molar-refractivity contribution in [2.45, 2.75) is 46.1 Å². The maximum Gasteiger partial charge on any atom is 0.256 e. The molecule has 7 nitrogen and oxygen atoms in total. The first-order valence-corrected chi connectivity index (χ1v) is 14.1. The van der Waals surface area contributed by atoms with Gasteiger partial charge in [-0.3, -0.25) is 14.4 Å². The Morgan fingerprint density at radius 3 is 2.49 bits per heavy atom. The fourth-order valence-corrected chi connectivity index (χ4v) is 5.99. The van der Waals surface area contributed by atoms with E-state index < -0.39 is 11.9 Å². The lowest BCUT2D eigenvalue weighted by Crippen LogP contribution is -2.61. The first kappa shape index (κ1) is 27.6. The maximum absolute atomic E-state index is 14.8. The molecule has 2 aromatic carbocycles.